The molecule has 0 aromatic heterocycles. The Morgan fingerprint density at radius 3 is 2.50 bits per heavy atom. The lowest BCUT2D eigenvalue weighted by molar-refractivity contribution is 0.0526. The molecule has 0 aromatic carbocycles. The number of likely N-dealkylation sites (tertiary alicyclic amines) is 1. The van der Waals surface area contributed by atoms with Gasteiger partial charge in [-0.2, -0.15) is 0 Å². The van der Waals surface area contributed by atoms with Gasteiger partial charge in [0, 0.05) is 6.54 Å². The summed E-state index contributed by atoms with van der Waals surface area (Å²) in [5.74, 6) is 0. The van der Waals surface area contributed by atoms with Crippen LogP contribution in [0.5, 0.6) is 0 Å². The monoisotopic (exact) mass is 228 g/mol. The van der Waals surface area contributed by atoms with Crippen LogP contribution in [0.1, 0.15) is 40.0 Å². The first-order chi connectivity index (χ1) is 7.47. The lowest BCUT2D eigenvalue weighted by Crippen LogP contribution is -2.34. The summed E-state index contributed by atoms with van der Waals surface area (Å²) in [5.41, 5.74) is -0.404. The Morgan fingerprint density at radius 2 is 1.94 bits per heavy atom. The third-order valence-corrected chi connectivity index (χ3v) is 2.52. The van der Waals surface area contributed by atoms with E-state index in [-0.39, 0.29) is 6.09 Å². The molecule has 1 fully saturated rings. The minimum Gasteiger partial charge on any atom is -0.444 e. The van der Waals surface area contributed by atoms with Gasteiger partial charge in [0.05, 0.1) is 0 Å². The van der Waals surface area contributed by atoms with Crippen molar-refractivity contribution < 1.29 is 9.53 Å². The van der Waals surface area contributed by atoms with Gasteiger partial charge < -0.3 is 15.0 Å². The van der Waals surface area contributed by atoms with Gasteiger partial charge in [-0.15, -0.1) is 0 Å². The quantitative estimate of drug-likeness (QED) is 0.748. The Morgan fingerprint density at radius 1 is 1.31 bits per heavy atom. The Balaban J connectivity index is 2.00. The molecule has 1 heterocycles. The van der Waals surface area contributed by atoms with Crippen LogP contribution < -0.4 is 5.32 Å². The summed E-state index contributed by atoms with van der Waals surface area (Å²) >= 11 is 0. The number of nitrogens with one attached hydrogen (secondary N) is 1. The van der Waals surface area contributed by atoms with Crippen molar-refractivity contribution in [2.45, 2.75) is 45.6 Å². The van der Waals surface area contributed by atoms with Crippen LogP contribution >= 0.6 is 0 Å². The third kappa shape index (κ3) is 5.95. The van der Waals surface area contributed by atoms with E-state index in [0.717, 1.165) is 13.0 Å². The Kier molecular flexibility index (Phi) is 5.06. The van der Waals surface area contributed by atoms with E-state index in [0.29, 0.717) is 6.54 Å². The van der Waals surface area contributed by atoms with E-state index < -0.39 is 5.60 Å². The molecule has 1 N–H and O–H groups in total. The average molecular weight is 228 g/mol. The van der Waals surface area contributed by atoms with Crippen molar-refractivity contribution >= 4 is 6.09 Å². The molecule has 0 unspecified atom stereocenters. The van der Waals surface area contributed by atoms with Crippen LogP contribution in [0.2, 0.25) is 0 Å². The number of ether oxygens (including phenoxy) is 1. The molecule has 1 saturated heterocycles. The second kappa shape index (κ2) is 6.09. The molecule has 1 aliphatic heterocycles. The van der Waals surface area contributed by atoms with Gasteiger partial charge in [-0.1, -0.05) is 0 Å². The number of alkyl carbamates (subject to hydrolysis) is 1. The van der Waals surface area contributed by atoms with Crippen LogP contribution in [0.15, 0.2) is 0 Å². The average Bonchev–Trinajstić information content (AvgIpc) is 2.62. The Hall–Kier alpha value is -0.770. The number of nitrogens with zero attached hydrogens (tertiary/aromatic N) is 1. The largest absolute Gasteiger partial charge is 0.444 e. The number of rotatable bonds is 4. The SMILES string of the molecule is CC(C)(C)OC(=O)NCCCN1CCCC1. The number of hydrogen-bond acceptors (Lipinski definition) is 3. The summed E-state index contributed by atoms with van der Waals surface area (Å²) in [6.45, 7) is 9.82. The van der Waals surface area contributed by atoms with Crippen LogP contribution in [-0.2, 0) is 4.74 Å². The highest BCUT2D eigenvalue weighted by Gasteiger charge is 2.15. The molecule has 0 spiro atoms. The molecule has 4 heteroatoms. The molecule has 16 heavy (non-hydrogen) atoms. The lowest BCUT2D eigenvalue weighted by Gasteiger charge is -2.20. The number of amides is 1. The maximum absolute atomic E-state index is 11.3. The van der Waals surface area contributed by atoms with E-state index in [1.807, 2.05) is 20.8 Å². The first kappa shape index (κ1) is 13.3. The fraction of sp³-hybridized carbons (Fsp3) is 0.917. The summed E-state index contributed by atoms with van der Waals surface area (Å²) in [6.07, 6.45) is 3.33. The second-order valence-corrected chi connectivity index (χ2v) is 5.33. The zero-order valence-corrected chi connectivity index (χ0v) is 10.7. The van der Waals surface area contributed by atoms with E-state index in [4.69, 9.17) is 4.74 Å². The highest BCUT2D eigenvalue weighted by molar-refractivity contribution is 5.67. The van der Waals surface area contributed by atoms with Gasteiger partial charge in [0.25, 0.3) is 0 Å². The normalized spacial score (nSPS) is 17.4. The molecular formula is C12H24N2O2. The molecule has 0 bridgehead atoms. The minimum absolute atomic E-state index is 0.311. The Labute approximate surface area is 98.3 Å². The molecule has 0 atom stereocenters. The number of hydrogen-bond donors (Lipinski definition) is 1. The zero-order valence-electron chi connectivity index (χ0n) is 10.7. The van der Waals surface area contributed by atoms with Crippen molar-refractivity contribution in [2.75, 3.05) is 26.2 Å². The van der Waals surface area contributed by atoms with E-state index in [1.54, 1.807) is 0 Å². The van der Waals surface area contributed by atoms with Crippen molar-refractivity contribution in [2.24, 2.45) is 0 Å². The first-order valence-corrected chi connectivity index (χ1v) is 6.16. The third-order valence-electron chi connectivity index (χ3n) is 2.52. The molecule has 0 radical (unpaired) electrons. The fourth-order valence-electron chi connectivity index (χ4n) is 1.81. The van der Waals surface area contributed by atoms with Crippen molar-refractivity contribution in [3.63, 3.8) is 0 Å². The molecule has 4 nitrogen and oxygen atoms in total. The van der Waals surface area contributed by atoms with Crippen LogP contribution in [0.3, 0.4) is 0 Å². The number of carbonyl (C=O) groups excluding carboxylic acids is 1. The molecule has 0 aliphatic carbocycles. The van der Waals surface area contributed by atoms with Gasteiger partial charge in [0.15, 0.2) is 0 Å². The smallest absolute Gasteiger partial charge is 0.407 e. The predicted molar refractivity (Wildman–Crippen MR) is 64.5 cm³/mol. The van der Waals surface area contributed by atoms with Crippen LogP contribution in [-0.4, -0.2) is 42.8 Å². The van der Waals surface area contributed by atoms with E-state index in [2.05, 4.69) is 10.2 Å². The fourth-order valence-corrected chi connectivity index (χ4v) is 1.81. The van der Waals surface area contributed by atoms with Crippen molar-refractivity contribution in [3.8, 4) is 0 Å². The zero-order chi connectivity index (χ0) is 12.0. The summed E-state index contributed by atoms with van der Waals surface area (Å²) in [6, 6.07) is 0. The van der Waals surface area contributed by atoms with Crippen molar-refractivity contribution in [1.82, 2.24) is 10.2 Å². The van der Waals surface area contributed by atoms with Gasteiger partial charge in [0.2, 0.25) is 0 Å². The first-order valence-electron chi connectivity index (χ1n) is 6.16. The maximum Gasteiger partial charge on any atom is 0.407 e. The van der Waals surface area contributed by atoms with Crippen LogP contribution in [0.4, 0.5) is 4.79 Å². The molecule has 0 aromatic rings. The molecule has 94 valence electrons. The molecule has 0 saturated carbocycles. The predicted octanol–water partition coefficient (Wildman–Crippen LogP) is 2.00. The summed E-state index contributed by atoms with van der Waals surface area (Å²) in [5, 5.41) is 2.78. The highest BCUT2D eigenvalue weighted by atomic mass is 16.6. The second-order valence-electron chi connectivity index (χ2n) is 5.33. The minimum atomic E-state index is -0.404. The maximum atomic E-state index is 11.3. The van der Waals surface area contributed by atoms with E-state index >= 15 is 0 Å². The molecule has 1 rings (SSSR count). The van der Waals surface area contributed by atoms with Gasteiger partial charge >= 0.3 is 6.09 Å². The molecule has 1 aliphatic rings. The topological polar surface area (TPSA) is 41.6 Å². The van der Waals surface area contributed by atoms with E-state index in [1.165, 1.54) is 25.9 Å². The van der Waals surface area contributed by atoms with Crippen LogP contribution in [0, 0.1) is 0 Å². The van der Waals surface area contributed by atoms with Crippen molar-refractivity contribution in [3.05, 3.63) is 0 Å². The summed E-state index contributed by atoms with van der Waals surface area (Å²) < 4.78 is 5.15. The Bertz CT molecular complexity index is 218. The van der Waals surface area contributed by atoms with Gasteiger partial charge in [-0.05, 0) is 59.7 Å². The van der Waals surface area contributed by atoms with Gasteiger partial charge in [-0.25, -0.2) is 4.79 Å². The van der Waals surface area contributed by atoms with E-state index in [9.17, 15) is 4.79 Å². The molecular weight excluding hydrogens is 204 g/mol. The standard InChI is InChI=1S/C12H24N2O2/c1-12(2,3)16-11(15)13-7-6-10-14-8-4-5-9-14/h4-10H2,1-3H3,(H,13,15). The lowest BCUT2D eigenvalue weighted by atomic mass is 10.2. The highest BCUT2D eigenvalue weighted by Crippen LogP contribution is 2.08. The summed E-state index contributed by atoms with van der Waals surface area (Å²) in [4.78, 5) is 13.7. The molecule has 1 amide bonds. The van der Waals surface area contributed by atoms with Gasteiger partial charge in [-0.3, -0.25) is 0 Å². The van der Waals surface area contributed by atoms with Gasteiger partial charge in [0.1, 0.15) is 5.60 Å². The number of carbonyl (C=O) groups is 1. The van der Waals surface area contributed by atoms with Crippen molar-refractivity contribution in [1.29, 1.82) is 0 Å². The van der Waals surface area contributed by atoms with Crippen LogP contribution in [0.25, 0.3) is 0 Å². The summed E-state index contributed by atoms with van der Waals surface area (Å²) in [7, 11) is 0.